The third-order valence-corrected chi connectivity index (χ3v) is 4.73. The van der Waals surface area contributed by atoms with E-state index in [4.69, 9.17) is 0 Å². The molecule has 0 aliphatic heterocycles. The van der Waals surface area contributed by atoms with Crippen molar-refractivity contribution >= 4 is 28.1 Å². The number of nitro benzene ring substituents is 1. The average molecular weight is 417 g/mol. The normalized spacial score (nSPS) is 11.0. The van der Waals surface area contributed by atoms with E-state index in [0.717, 1.165) is 16.5 Å². The van der Waals surface area contributed by atoms with Crippen molar-refractivity contribution < 1.29 is 9.72 Å². The molecule has 1 amide bonds. The number of aromatic nitrogens is 4. The molecule has 1 heterocycles. The van der Waals surface area contributed by atoms with E-state index in [2.05, 4.69) is 20.8 Å². The lowest BCUT2D eigenvalue weighted by Crippen LogP contribution is -2.31. The lowest BCUT2D eigenvalue weighted by atomic mass is 10.1. The Morgan fingerprint density at radius 1 is 1.10 bits per heavy atom. The van der Waals surface area contributed by atoms with Gasteiger partial charge in [-0.05, 0) is 35.0 Å². The summed E-state index contributed by atoms with van der Waals surface area (Å²) in [5, 5.41) is 27.8. The molecule has 0 radical (unpaired) electrons. The first-order valence-corrected chi connectivity index (χ1v) is 9.50. The number of fused-ring (bicyclic) bond motifs is 1. The molecule has 0 aliphatic carbocycles. The highest BCUT2D eigenvalue weighted by Gasteiger charge is 2.18. The summed E-state index contributed by atoms with van der Waals surface area (Å²) in [6.07, 6.45) is 0. The number of hydrogen-bond donors (Lipinski definition) is 1. The van der Waals surface area contributed by atoms with Crippen molar-refractivity contribution in [1.29, 1.82) is 0 Å². The van der Waals surface area contributed by atoms with E-state index >= 15 is 0 Å². The highest BCUT2D eigenvalue weighted by Crippen LogP contribution is 2.24. The smallest absolute Gasteiger partial charge is 0.292 e. The van der Waals surface area contributed by atoms with Gasteiger partial charge >= 0.3 is 0 Å². The van der Waals surface area contributed by atoms with Crippen molar-refractivity contribution in [2.45, 2.75) is 6.54 Å². The van der Waals surface area contributed by atoms with Gasteiger partial charge in [0.15, 0.2) is 5.82 Å². The molecule has 0 atom stereocenters. The zero-order valence-corrected chi connectivity index (χ0v) is 16.7. The van der Waals surface area contributed by atoms with Crippen LogP contribution in [-0.2, 0) is 11.3 Å². The van der Waals surface area contributed by atoms with E-state index in [1.165, 1.54) is 12.1 Å². The van der Waals surface area contributed by atoms with Crippen LogP contribution in [0.1, 0.15) is 5.82 Å². The maximum atomic E-state index is 12.4. The number of likely N-dealkylation sites (N-methyl/N-ethyl adjacent to an activating group) is 1. The number of benzene rings is 3. The highest BCUT2D eigenvalue weighted by molar-refractivity contribution is 5.94. The molecule has 0 saturated heterocycles. The van der Waals surface area contributed by atoms with Crippen LogP contribution in [0.5, 0.6) is 0 Å². The molecule has 4 rings (SSSR count). The Hall–Kier alpha value is -4.18. The van der Waals surface area contributed by atoms with Gasteiger partial charge in [0.1, 0.15) is 5.69 Å². The van der Waals surface area contributed by atoms with Crippen molar-refractivity contribution in [3.05, 3.63) is 82.7 Å². The predicted octanol–water partition coefficient (Wildman–Crippen LogP) is 2.79. The quantitative estimate of drug-likeness (QED) is 0.363. The molecule has 3 aromatic carbocycles. The maximum absolute atomic E-state index is 12.4. The van der Waals surface area contributed by atoms with Gasteiger partial charge in [-0.2, -0.15) is 4.68 Å². The number of tetrazole rings is 1. The van der Waals surface area contributed by atoms with Crippen LogP contribution >= 0.6 is 0 Å². The van der Waals surface area contributed by atoms with Gasteiger partial charge in [-0.1, -0.05) is 48.5 Å². The lowest BCUT2D eigenvalue weighted by Gasteiger charge is -2.16. The van der Waals surface area contributed by atoms with Crippen LogP contribution in [0.3, 0.4) is 0 Å². The third-order valence-electron chi connectivity index (χ3n) is 4.73. The second-order valence-electron chi connectivity index (χ2n) is 7.00. The minimum Gasteiger partial charge on any atom is -0.319 e. The maximum Gasteiger partial charge on any atom is 0.292 e. The molecule has 0 unspecified atom stereocenters. The van der Waals surface area contributed by atoms with Crippen LogP contribution in [0, 0.1) is 10.1 Å². The van der Waals surface area contributed by atoms with Gasteiger partial charge in [-0.3, -0.25) is 19.8 Å². The van der Waals surface area contributed by atoms with Gasteiger partial charge in [0.05, 0.1) is 23.7 Å². The number of nitrogens with one attached hydrogen (secondary N) is 1. The van der Waals surface area contributed by atoms with E-state index in [1.54, 1.807) is 28.8 Å². The Balaban J connectivity index is 1.48. The number of carbonyl (C=O) groups excluding carboxylic acids is 1. The van der Waals surface area contributed by atoms with Crippen molar-refractivity contribution in [3.8, 4) is 5.69 Å². The molecule has 0 spiro atoms. The van der Waals surface area contributed by atoms with Crippen LogP contribution in [0.2, 0.25) is 0 Å². The second kappa shape index (κ2) is 8.67. The fourth-order valence-electron chi connectivity index (χ4n) is 3.36. The Morgan fingerprint density at radius 3 is 2.68 bits per heavy atom. The second-order valence-corrected chi connectivity index (χ2v) is 7.00. The number of para-hydroxylation sites is 2. The Labute approximate surface area is 177 Å². The molecule has 0 fully saturated rings. The van der Waals surface area contributed by atoms with E-state index < -0.39 is 4.92 Å². The molecule has 4 aromatic rings. The Morgan fingerprint density at radius 2 is 1.84 bits per heavy atom. The predicted molar refractivity (Wildman–Crippen MR) is 115 cm³/mol. The summed E-state index contributed by atoms with van der Waals surface area (Å²) in [6, 6.07) is 19.8. The van der Waals surface area contributed by atoms with Crippen LogP contribution in [-0.4, -0.2) is 49.5 Å². The highest BCUT2D eigenvalue weighted by atomic mass is 16.6. The third kappa shape index (κ3) is 4.38. The SMILES string of the molecule is CN(CC(=O)Nc1ccccc1[N+](=O)[O-])Cc1nnnn1-c1cccc2ccccc12. The molecule has 1 N–H and O–H groups in total. The van der Waals surface area contributed by atoms with Gasteiger partial charge in [0.25, 0.3) is 5.69 Å². The van der Waals surface area contributed by atoms with E-state index in [0.29, 0.717) is 12.4 Å². The summed E-state index contributed by atoms with van der Waals surface area (Å²) >= 11 is 0. The first-order chi connectivity index (χ1) is 15.0. The number of anilines is 1. The molecule has 10 heteroatoms. The molecule has 0 bridgehead atoms. The van der Waals surface area contributed by atoms with Crippen molar-refractivity contribution in [1.82, 2.24) is 25.1 Å². The summed E-state index contributed by atoms with van der Waals surface area (Å²) in [5.74, 6) is 0.193. The fourth-order valence-corrected chi connectivity index (χ4v) is 3.36. The zero-order chi connectivity index (χ0) is 21.8. The summed E-state index contributed by atoms with van der Waals surface area (Å²) < 4.78 is 1.65. The van der Waals surface area contributed by atoms with E-state index in [9.17, 15) is 14.9 Å². The van der Waals surface area contributed by atoms with Gasteiger partial charge in [-0.15, -0.1) is 5.10 Å². The first-order valence-electron chi connectivity index (χ1n) is 9.50. The van der Waals surface area contributed by atoms with Crippen LogP contribution in [0.4, 0.5) is 11.4 Å². The Bertz CT molecular complexity index is 1250. The number of rotatable bonds is 7. The van der Waals surface area contributed by atoms with Crippen molar-refractivity contribution in [2.75, 3.05) is 18.9 Å². The number of hydrogen-bond acceptors (Lipinski definition) is 7. The number of nitrogens with zero attached hydrogens (tertiary/aromatic N) is 6. The standard InChI is InChI=1S/C21H19N7O3/c1-26(14-21(29)22-17-10-4-5-11-19(17)28(30)31)13-20-23-24-25-27(20)18-12-6-8-15-7-2-3-9-16(15)18/h2-12H,13-14H2,1H3,(H,22,29). The van der Waals surface area contributed by atoms with Crippen LogP contribution in [0.25, 0.3) is 16.5 Å². The Kier molecular flexibility index (Phi) is 5.63. The van der Waals surface area contributed by atoms with Crippen molar-refractivity contribution in [3.63, 3.8) is 0 Å². The molecule has 0 aliphatic rings. The topological polar surface area (TPSA) is 119 Å². The minimum atomic E-state index is -0.530. The molecule has 31 heavy (non-hydrogen) atoms. The summed E-state index contributed by atoms with van der Waals surface area (Å²) in [4.78, 5) is 24.7. The van der Waals surface area contributed by atoms with Gasteiger partial charge < -0.3 is 5.32 Å². The van der Waals surface area contributed by atoms with Gasteiger partial charge in [-0.25, -0.2) is 0 Å². The summed E-state index contributed by atoms with van der Waals surface area (Å²) in [6.45, 7) is 0.314. The van der Waals surface area contributed by atoms with Crippen molar-refractivity contribution in [2.24, 2.45) is 0 Å². The molecular weight excluding hydrogens is 398 g/mol. The lowest BCUT2D eigenvalue weighted by molar-refractivity contribution is -0.383. The molecule has 0 saturated carbocycles. The summed E-state index contributed by atoms with van der Waals surface area (Å²) in [7, 11) is 1.75. The minimum absolute atomic E-state index is 0.00838. The monoisotopic (exact) mass is 417 g/mol. The number of nitro groups is 1. The number of carbonyl (C=O) groups is 1. The van der Waals surface area contributed by atoms with E-state index in [1.807, 2.05) is 42.5 Å². The molecule has 10 nitrogen and oxygen atoms in total. The molecular formula is C21H19N7O3. The fraction of sp³-hybridized carbons (Fsp3) is 0.143. The van der Waals surface area contributed by atoms with E-state index in [-0.39, 0.29) is 23.8 Å². The number of amides is 1. The average Bonchev–Trinajstić information content (AvgIpc) is 3.21. The largest absolute Gasteiger partial charge is 0.319 e. The van der Waals surface area contributed by atoms with Crippen LogP contribution in [0.15, 0.2) is 66.7 Å². The van der Waals surface area contributed by atoms with Gasteiger partial charge in [0, 0.05) is 11.5 Å². The van der Waals surface area contributed by atoms with Crippen LogP contribution < -0.4 is 5.32 Å². The first kappa shape index (κ1) is 20.1. The molecule has 156 valence electrons. The summed E-state index contributed by atoms with van der Waals surface area (Å²) in [5.41, 5.74) is 0.848. The zero-order valence-electron chi connectivity index (χ0n) is 16.7. The molecule has 1 aromatic heterocycles. The van der Waals surface area contributed by atoms with Gasteiger partial charge in [0.2, 0.25) is 5.91 Å².